The summed E-state index contributed by atoms with van der Waals surface area (Å²) >= 11 is 1.63. The number of ether oxygens (including phenoxy) is 1. The maximum atomic E-state index is 5.57. The summed E-state index contributed by atoms with van der Waals surface area (Å²) in [5.41, 5.74) is 9.90. The molecule has 0 saturated heterocycles. The molecule has 0 aliphatic heterocycles. The zero-order valence-electron chi connectivity index (χ0n) is 10.3. The topological polar surface area (TPSA) is 48.1 Å². The molecule has 0 fully saturated rings. The fraction of sp³-hybridized carbons (Fsp3) is 0.308. The van der Waals surface area contributed by atoms with Gasteiger partial charge in [-0.3, -0.25) is 0 Å². The Hall–Kier alpha value is -1.39. The van der Waals surface area contributed by atoms with Gasteiger partial charge in [0.05, 0.1) is 12.8 Å². The summed E-state index contributed by atoms with van der Waals surface area (Å²) in [6.45, 7) is 4.59. The van der Waals surface area contributed by atoms with Crippen LogP contribution < -0.4 is 10.5 Å². The van der Waals surface area contributed by atoms with Crippen LogP contribution in [-0.4, -0.2) is 12.1 Å². The van der Waals surface area contributed by atoms with E-state index in [4.69, 9.17) is 10.5 Å². The molecule has 0 spiro atoms. The van der Waals surface area contributed by atoms with E-state index in [1.54, 1.807) is 18.4 Å². The Balaban J connectivity index is 2.46. The van der Waals surface area contributed by atoms with Gasteiger partial charge in [0.1, 0.15) is 10.8 Å². The molecular formula is C13H16N2OS. The fourth-order valence-corrected chi connectivity index (χ4v) is 2.75. The van der Waals surface area contributed by atoms with Crippen LogP contribution in [0.4, 0.5) is 0 Å². The fourth-order valence-electron chi connectivity index (χ4n) is 1.93. The van der Waals surface area contributed by atoms with Crippen molar-refractivity contribution < 1.29 is 4.74 Å². The van der Waals surface area contributed by atoms with E-state index in [0.717, 1.165) is 33.1 Å². The van der Waals surface area contributed by atoms with Gasteiger partial charge in [-0.05, 0) is 37.1 Å². The van der Waals surface area contributed by atoms with Gasteiger partial charge in [0.2, 0.25) is 0 Å². The highest BCUT2D eigenvalue weighted by Gasteiger charge is 2.09. The summed E-state index contributed by atoms with van der Waals surface area (Å²) in [5.74, 6) is 0.948. The summed E-state index contributed by atoms with van der Waals surface area (Å²) in [6, 6.07) is 4.20. The molecule has 0 saturated carbocycles. The van der Waals surface area contributed by atoms with Gasteiger partial charge in [0.25, 0.3) is 0 Å². The van der Waals surface area contributed by atoms with Crippen LogP contribution >= 0.6 is 11.3 Å². The molecule has 3 nitrogen and oxygen atoms in total. The van der Waals surface area contributed by atoms with Crippen LogP contribution in [0.1, 0.15) is 16.8 Å². The number of nitrogens with zero attached hydrogens (tertiary/aromatic N) is 1. The highest BCUT2D eigenvalue weighted by atomic mass is 32.1. The molecule has 1 aromatic heterocycles. The van der Waals surface area contributed by atoms with Gasteiger partial charge in [0.15, 0.2) is 0 Å². The minimum atomic E-state index is 0.491. The molecule has 0 radical (unpaired) electrons. The van der Waals surface area contributed by atoms with Crippen molar-refractivity contribution in [3.8, 4) is 16.3 Å². The number of aryl methyl sites for hydroxylation is 2. The van der Waals surface area contributed by atoms with Crippen LogP contribution in [0.15, 0.2) is 17.5 Å². The number of methoxy groups -OCH3 is 1. The number of nitrogens with two attached hydrogens (primary N) is 1. The van der Waals surface area contributed by atoms with Crippen molar-refractivity contribution in [1.29, 1.82) is 0 Å². The Morgan fingerprint density at radius 1 is 1.29 bits per heavy atom. The monoisotopic (exact) mass is 248 g/mol. The number of hydrogen-bond acceptors (Lipinski definition) is 4. The van der Waals surface area contributed by atoms with Crippen molar-refractivity contribution in [1.82, 2.24) is 4.98 Å². The van der Waals surface area contributed by atoms with Gasteiger partial charge >= 0.3 is 0 Å². The lowest BCUT2D eigenvalue weighted by molar-refractivity contribution is 0.408. The number of hydrogen-bond donors (Lipinski definition) is 1. The van der Waals surface area contributed by atoms with Crippen LogP contribution in [0.3, 0.4) is 0 Å². The smallest absolute Gasteiger partial charge is 0.124 e. The Labute approximate surface area is 105 Å². The number of aromatic nitrogens is 1. The van der Waals surface area contributed by atoms with E-state index in [-0.39, 0.29) is 0 Å². The van der Waals surface area contributed by atoms with Gasteiger partial charge in [-0.1, -0.05) is 0 Å². The maximum absolute atomic E-state index is 5.57. The molecule has 17 heavy (non-hydrogen) atoms. The van der Waals surface area contributed by atoms with Crippen LogP contribution in [0.5, 0.6) is 5.75 Å². The van der Waals surface area contributed by atoms with E-state index in [1.165, 1.54) is 0 Å². The number of thiazole rings is 1. The third kappa shape index (κ3) is 2.33. The normalized spacial score (nSPS) is 10.6. The lowest BCUT2D eigenvalue weighted by Crippen LogP contribution is -1.96. The first-order valence-corrected chi connectivity index (χ1v) is 6.33. The molecule has 1 aromatic carbocycles. The molecule has 1 heterocycles. The third-order valence-corrected chi connectivity index (χ3v) is 3.61. The molecule has 0 bridgehead atoms. The average molecular weight is 248 g/mol. The van der Waals surface area contributed by atoms with E-state index < -0.39 is 0 Å². The Morgan fingerprint density at radius 3 is 2.41 bits per heavy atom. The van der Waals surface area contributed by atoms with Gasteiger partial charge in [-0.25, -0.2) is 4.98 Å². The van der Waals surface area contributed by atoms with E-state index in [1.807, 2.05) is 19.2 Å². The molecule has 4 heteroatoms. The molecule has 0 unspecified atom stereocenters. The van der Waals surface area contributed by atoms with Gasteiger partial charge in [-0.15, -0.1) is 11.3 Å². The predicted octanol–water partition coefficient (Wildman–Crippen LogP) is 2.89. The minimum absolute atomic E-state index is 0.491. The summed E-state index contributed by atoms with van der Waals surface area (Å²) in [7, 11) is 1.70. The highest BCUT2D eigenvalue weighted by Crippen LogP contribution is 2.31. The SMILES string of the molecule is COc1c(C)cc(-c2nc(CN)cs2)cc1C. The third-order valence-electron chi connectivity index (χ3n) is 2.67. The Bertz CT molecular complexity index is 511. The zero-order chi connectivity index (χ0) is 12.4. The minimum Gasteiger partial charge on any atom is -0.496 e. The van der Waals surface area contributed by atoms with Crippen molar-refractivity contribution in [3.05, 3.63) is 34.3 Å². The molecule has 0 aliphatic rings. The molecule has 0 aliphatic carbocycles. The van der Waals surface area contributed by atoms with Gasteiger partial charge in [0, 0.05) is 17.5 Å². The molecule has 0 atom stereocenters. The van der Waals surface area contributed by atoms with Crippen molar-refractivity contribution in [3.63, 3.8) is 0 Å². The van der Waals surface area contributed by atoms with Crippen molar-refractivity contribution in [2.45, 2.75) is 20.4 Å². The summed E-state index contributed by atoms with van der Waals surface area (Å²) in [4.78, 5) is 4.49. The second-order valence-electron chi connectivity index (χ2n) is 3.99. The summed E-state index contributed by atoms with van der Waals surface area (Å²) in [5, 5.41) is 3.02. The van der Waals surface area contributed by atoms with Crippen molar-refractivity contribution >= 4 is 11.3 Å². The standard InChI is InChI=1S/C13H16N2OS/c1-8-4-10(5-9(2)12(8)16-3)13-15-11(6-14)7-17-13/h4-5,7H,6,14H2,1-3H3. The summed E-state index contributed by atoms with van der Waals surface area (Å²) in [6.07, 6.45) is 0. The molecule has 2 rings (SSSR count). The maximum Gasteiger partial charge on any atom is 0.124 e. The van der Waals surface area contributed by atoms with E-state index >= 15 is 0 Å². The summed E-state index contributed by atoms with van der Waals surface area (Å²) < 4.78 is 5.36. The lowest BCUT2D eigenvalue weighted by atomic mass is 10.1. The highest BCUT2D eigenvalue weighted by molar-refractivity contribution is 7.13. The lowest BCUT2D eigenvalue weighted by Gasteiger charge is -2.09. The molecule has 90 valence electrons. The van der Waals surface area contributed by atoms with E-state index in [9.17, 15) is 0 Å². The van der Waals surface area contributed by atoms with Crippen LogP contribution in [0.2, 0.25) is 0 Å². The largest absolute Gasteiger partial charge is 0.496 e. The zero-order valence-corrected chi connectivity index (χ0v) is 11.1. The van der Waals surface area contributed by atoms with Crippen molar-refractivity contribution in [2.75, 3.05) is 7.11 Å². The number of rotatable bonds is 3. The first-order chi connectivity index (χ1) is 8.15. The van der Waals surface area contributed by atoms with Gasteiger partial charge in [-0.2, -0.15) is 0 Å². The quantitative estimate of drug-likeness (QED) is 0.908. The molecule has 2 aromatic rings. The molecule has 0 amide bonds. The van der Waals surface area contributed by atoms with E-state index in [0.29, 0.717) is 6.54 Å². The van der Waals surface area contributed by atoms with Gasteiger partial charge < -0.3 is 10.5 Å². The molecular weight excluding hydrogens is 232 g/mol. The Morgan fingerprint density at radius 2 is 1.94 bits per heavy atom. The first kappa shape index (κ1) is 12.1. The number of benzene rings is 1. The van der Waals surface area contributed by atoms with Crippen LogP contribution in [-0.2, 0) is 6.54 Å². The van der Waals surface area contributed by atoms with Crippen LogP contribution in [0.25, 0.3) is 10.6 Å². The van der Waals surface area contributed by atoms with E-state index in [2.05, 4.69) is 17.1 Å². The van der Waals surface area contributed by atoms with Crippen LogP contribution in [0, 0.1) is 13.8 Å². The predicted molar refractivity (Wildman–Crippen MR) is 71.5 cm³/mol. The first-order valence-electron chi connectivity index (χ1n) is 5.45. The van der Waals surface area contributed by atoms with Crippen molar-refractivity contribution in [2.24, 2.45) is 5.73 Å². The Kier molecular flexibility index (Phi) is 3.45. The second-order valence-corrected chi connectivity index (χ2v) is 4.85. The molecule has 2 N–H and O–H groups in total. The second kappa shape index (κ2) is 4.85. The average Bonchev–Trinajstić information content (AvgIpc) is 2.77.